The SMILES string of the molecule is CC1O[C@@H](O[C@H]2C(O[C@H]3OC(CN)[C@@H](O)[C@H](O)C3N)C(N=[N+]=[N-])C[C@@H](NC(=O)[C@@H](O)CCN)C2OCCN)C(O)[C@@H](O)[C@@H]1N. The van der Waals surface area contributed by atoms with Crippen LogP contribution in [-0.4, -0.2) is 155 Å². The Bertz CT molecular complexity index is 967. The molecule has 1 saturated carbocycles. The summed E-state index contributed by atoms with van der Waals surface area (Å²) >= 11 is 0. The first-order valence-electron chi connectivity index (χ1n) is 14.5. The first kappa shape index (κ1) is 36.6. The molecule has 2 saturated heterocycles. The predicted molar refractivity (Wildman–Crippen MR) is 150 cm³/mol. The van der Waals surface area contributed by atoms with Crippen molar-refractivity contribution in [1.29, 1.82) is 0 Å². The van der Waals surface area contributed by atoms with E-state index in [1.165, 1.54) is 0 Å². The summed E-state index contributed by atoms with van der Waals surface area (Å²) in [5, 5.41) is 59.0. The molecule has 16 atom stereocenters. The van der Waals surface area contributed by atoms with E-state index in [2.05, 4.69) is 15.3 Å². The lowest BCUT2D eigenvalue weighted by Crippen LogP contribution is -2.69. The zero-order chi connectivity index (χ0) is 32.7. The summed E-state index contributed by atoms with van der Waals surface area (Å²) in [6.45, 7) is 1.37. The summed E-state index contributed by atoms with van der Waals surface area (Å²) in [6.07, 6.45) is -16.3. The van der Waals surface area contributed by atoms with Gasteiger partial charge in [-0.2, -0.15) is 0 Å². The molecule has 0 aromatic rings. The largest absolute Gasteiger partial charge is 0.388 e. The molecule has 44 heavy (non-hydrogen) atoms. The van der Waals surface area contributed by atoms with E-state index in [-0.39, 0.29) is 39.1 Å². The first-order valence-corrected chi connectivity index (χ1v) is 14.5. The van der Waals surface area contributed by atoms with Gasteiger partial charge in [-0.15, -0.1) is 0 Å². The van der Waals surface area contributed by atoms with Crippen molar-refractivity contribution in [3.8, 4) is 0 Å². The van der Waals surface area contributed by atoms with Gasteiger partial charge >= 0.3 is 0 Å². The maximum absolute atomic E-state index is 12.8. The Balaban J connectivity index is 2.04. The highest BCUT2D eigenvalue weighted by atomic mass is 16.7. The second-order valence-electron chi connectivity index (χ2n) is 11.1. The molecule has 20 heteroatoms. The lowest BCUT2D eigenvalue weighted by atomic mass is 9.83. The molecule has 254 valence electrons. The van der Waals surface area contributed by atoms with Crippen LogP contribution < -0.4 is 34.0 Å². The van der Waals surface area contributed by atoms with Gasteiger partial charge in [0.1, 0.15) is 48.8 Å². The van der Waals surface area contributed by atoms with Gasteiger partial charge in [-0.3, -0.25) is 4.79 Å². The molecule has 3 aliphatic rings. The standard InChI is InChI=1S/C24H47N9O11/c1-8-13(28)16(36)18(38)24(41-8)44-21-19(40-5-4-26)9(31-22(39)11(34)2-3-25)6-10(32-33-30)20(21)43-23-14(29)17(37)15(35)12(7-27)42-23/h8-21,23-24,34-38H,2-7,25-29H2,1H3,(H,31,39)/t8?,9-,10?,11+,12?,13-,14?,15-,16+,17-,18?,19?,20?,21-,23-,24+/m1/s1. The lowest BCUT2D eigenvalue weighted by Gasteiger charge is -2.50. The topological polar surface area (TPSA) is 355 Å². The van der Waals surface area contributed by atoms with Crippen molar-refractivity contribution in [3.05, 3.63) is 10.4 Å². The summed E-state index contributed by atoms with van der Waals surface area (Å²) in [6, 6.07) is -4.38. The number of carbonyl (C=O) groups excluding carboxylic acids is 1. The Morgan fingerprint density at radius 1 is 0.977 bits per heavy atom. The van der Waals surface area contributed by atoms with Gasteiger partial charge in [-0.25, -0.2) is 0 Å². The molecule has 0 bridgehead atoms. The minimum absolute atomic E-state index is 0.0287. The van der Waals surface area contributed by atoms with E-state index in [1.54, 1.807) is 6.92 Å². The fourth-order valence-electron chi connectivity index (χ4n) is 5.53. The Morgan fingerprint density at radius 2 is 1.64 bits per heavy atom. The summed E-state index contributed by atoms with van der Waals surface area (Å²) in [5.74, 6) is -0.788. The molecule has 7 unspecified atom stereocenters. The molecule has 0 radical (unpaired) electrons. The van der Waals surface area contributed by atoms with Crippen molar-refractivity contribution in [3.63, 3.8) is 0 Å². The van der Waals surface area contributed by atoms with E-state index >= 15 is 0 Å². The summed E-state index contributed by atoms with van der Waals surface area (Å²) in [4.78, 5) is 15.8. The van der Waals surface area contributed by atoms with Gasteiger partial charge in [0.05, 0.1) is 43.0 Å². The fourth-order valence-corrected chi connectivity index (χ4v) is 5.53. The second-order valence-corrected chi connectivity index (χ2v) is 11.1. The number of azide groups is 1. The van der Waals surface area contributed by atoms with Crippen LogP contribution in [-0.2, 0) is 28.5 Å². The maximum Gasteiger partial charge on any atom is 0.249 e. The highest BCUT2D eigenvalue weighted by Gasteiger charge is 2.53. The van der Waals surface area contributed by atoms with Gasteiger partial charge in [-0.05, 0) is 31.8 Å². The number of aliphatic hydroxyl groups excluding tert-OH is 5. The average Bonchev–Trinajstić information content (AvgIpc) is 3.00. The smallest absolute Gasteiger partial charge is 0.249 e. The third-order valence-electron chi connectivity index (χ3n) is 8.09. The van der Waals surface area contributed by atoms with Crippen molar-refractivity contribution in [1.82, 2.24) is 5.32 Å². The molecular weight excluding hydrogens is 590 g/mol. The first-order chi connectivity index (χ1) is 20.9. The van der Waals surface area contributed by atoms with Crippen LogP contribution in [0.25, 0.3) is 10.4 Å². The quantitative estimate of drug-likeness (QED) is 0.0508. The van der Waals surface area contributed by atoms with Gasteiger partial charge in [0.15, 0.2) is 12.6 Å². The Hall–Kier alpha value is -1.82. The molecular formula is C24H47N9O11. The normalized spacial score (nSPS) is 43.6. The maximum atomic E-state index is 12.8. The minimum Gasteiger partial charge on any atom is -0.388 e. The third kappa shape index (κ3) is 8.30. The van der Waals surface area contributed by atoms with Gasteiger partial charge in [0, 0.05) is 18.0 Å². The van der Waals surface area contributed by atoms with Crippen LogP contribution in [0.1, 0.15) is 19.8 Å². The summed E-state index contributed by atoms with van der Waals surface area (Å²) < 4.78 is 29.9. The number of nitrogens with two attached hydrogens (primary N) is 5. The number of nitrogens with one attached hydrogen (secondary N) is 1. The molecule has 2 heterocycles. The molecule has 0 spiro atoms. The van der Waals surface area contributed by atoms with E-state index in [1.807, 2.05) is 0 Å². The molecule has 0 aromatic heterocycles. The number of hydrogen-bond acceptors (Lipinski definition) is 17. The Labute approximate surface area is 253 Å². The molecule has 3 rings (SSSR count). The van der Waals surface area contributed by atoms with Gasteiger partial charge in [-0.1, -0.05) is 5.11 Å². The number of nitrogens with zero attached hydrogens (tertiary/aromatic N) is 3. The monoisotopic (exact) mass is 637 g/mol. The van der Waals surface area contributed by atoms with Crippen LogP contribution in [0.3, 0.4) is 0 Å². The lowest BCUT2D eigenvalue weighted by molar-refractivity contribution is -0.331. The van der Waals surface area contributed by atoms with Crippen LogP contribution in [0, 0.1) is 0 Å². The fraction of sp³-hybridized carbons (Fsp3) is 0.958. The number of rotatable bonds is 13. The van der Waals surface area contributed by atoms with Crippen LogP contribution in [0.15, 0.2) is 5.11 Å². The highest BCUT2D eigenvalue weighted by molar-refractivity contribution is 5.80. The van der Waals surface area contributed by atoms with E-state index in [0.29, 0.717) is 0 Å². The number of ether oxygens (including phenoxy) is 5. The number of aliphatic hydroxyl groups is 5. The van der Waals surface area contributed by atoms with E-state index in [9.17, 15) is 35.9 Å². The predicted octanol–water partition coefficient (Wildman–Crippen LogP) is -6.10. The van der Waals surface area contributed by atoms with Crippen molar-refractivity contribution < 1.29 is 54.0 Å². The molecule has 2 aliphatic heterocycles. The van der Waals surface area contributed by atoms with Crippen molar-refractivity contribution in [2.24, 2.45) is 33.8 Å². The zero-order valence-corrected chi connectivity index (χ0v) is 24.4. The van der Waals surface area contributed by atoms with Crippen molar-refractivity contribution in [2.75, 3.05) is 26.2 Å². The molecule has 1 aliphatic carbocycles. The third-order valence-corrected chi connectivity index (χ3v) is 8.09. The molecule has 16 N–H and O–H groups in total. The highest BCUT2D eigenvalue weighted by Crippen LogP contribution is 2.35. The Morgan fingerprint density at radius 3 is 2.25 bits per heavy atom. The molecule has 1 amide bonds. The number of hydrogen-bond donors (Lipinski definition) is 11. The zero-order valence-electron chi connectivity index (χ0n) is 24.4. The average molecular weight is 638 g/mol. The van der Waals surface area contributed by atoms with Crippen LogP contribution in [0.4, 0.5) is 0 Å². The Kier molecular flexibility index (Phi) is 13.9. The van der Waals surface area contributed by atoms with Gasteiger partial charge in [0.25, 0.3) is 0 Å². The van der Waals surface area contributed by atoms with Gasteiger partial charge in [0.2, 0.25) is 5.91 Å². The van der Waals surface area contributed by atoms with E-state index in [4.69, 9.17) is 52.4 Å². The van der Waals surface area contributed by atoms with Gasteiger partial charge < -0.3 is 83.2 Å². The second kappa shape index (κ2) is 16.7. The van der Waals surface area contributed by atoms with Crippen LogP contribution >= 0.6 is 0 Å². The molecule has 3 fully saturated rings. The summed E-state index contributed by atoms with van der Waals surface area (Å²) in [5.41, 5.74) is 38.4. The van der Waals surface area contributed by atoms with Crippen LogP contribution in [0.5, 0.6) is 0 Å². The number of carbonyl (C=O) groups is 1. The van der Waals surface area contributed by atoms with Crippen molar-refractivity contribution >= 4 is 5.91 Å². The molecule has 0 aromatic carbocycles. The van der Waals surface area contributed by atoms with E-state index in [0.717, 1.165) is 0 Å². The number of amides is 1. The summed E-state index contributed by atoms with van der Waals surface area (Å²) in [7, 11) is 0. The van der Waals surface area contributed by atoms with Crippen molar-refractivity contribution in [2.45, 2.75) is 118 Å². The van der Waals surface area contributed by atoms with E-state index < -0.39 is 104 Å². The minimum atomic E-state index is -1.65. The molecule has 20 nitrogen and oxygen atoms in total. The van der Waals surface area contributed by atoms with Crippen LogP contribution in [0.2, 0.25) is 0 Å².